The number of amides is 2. The van der Waals surface area contributed by atoms with Gasteiger partial charge >= 0.3 is 18.1 Å². The molecule has 0 saturated heterocycles. The topological polar surface area (TPSA) is 110 Å². The van der Waals surface area contributed by atoms with Crippen molar-refractivity contribution in [2.75, 3.05) is 18.0 Å². The molecular weight excluding hydrogens is 511 g/mol. The van der Waals surface area contributed by atoms with Crippen molar-refractivity contribution in [1.29, 1.82) is 0 Å². The summed E-state index contributed by atoms with van der Waals surface area (Å²) in [7, 11) is 0. The van der Waals surface area contributed by atoms with Crippen LogP contribution in [0.1, 0.15) is 29.3 Å². The van der Waals surface area contributed by atoms with E-state index in [1.807, 2.05) is 0 Å². The molecule has 1 aliphatic rings. The van der Waals surface area contributed by atoms with Gasteiger partial charge in [0.2, 0.25) is 0 Å². The fourth-order valence-corrected chi connectivity index (χ4v) is 3.62. The lowest BCUT2D eigenvalue weighted by Gasteiger charge is -2.27. The van der Waals surface area contributed by atoms with Crippen LogP contribution in [0.25, 0.3) is 0 Å². The fraction of sp³-hybridized carbons (Fsp3) is 0.280. The molecule has 0 bridgehead atoms. The van der Waals surface area contributed by atoms with Crippen molar-refractivity contribution in [3.05, 3.63) is 59.7 Å². The summed E-state index contributed by atoms with van der Waals surface area (Å²) in [5, 5.41) is -0.404. The smallest absolute Gasteiger partial charge is 0.386 e. The molecule has 2 amide bonds. The molecule has 0 fully saturated rings. The third kappa shape index (κ3) is 6.69. The number of carbonyl (C=O) groups is 4. The Bertz CT molecular complexity index is 1270. The molecule has 0 spiro atoms. The molecule has 1 aliphatic heterocycles. The summed E-state index contributed by atoms with van der Waals surface area (Å²) >= 11 is 4.22. The van der Waals surface area contributed by atoms with Gasteiger partial charge in [0.25, 0.3) is 11.8 Å². The van der Waals surface area contributed by atoms with Crippen molar-refractivity contribution in [2.45, 2.75) is 30.8 Å². The van der Waals surface area contributed by atoms with Crippen LogP contribution in [-0.4, -0.2) is 59.2 Å². The number of thiol groups is 1. The quantitative estimate of drug-likeness (QED) is 0.265. The van der Waals surface area contributed by atoms with E-state index in [1.54, 1.807) is 42.5 Å². The molecule has 3 rings (SSSR count). The van der Waals surface area contributed by atoms with Crippen LogP contribution in [0.4, 0.5) is 24.5 Å². The number of anilines is 2. The summed E-state index contributed by atoms with van der Waals surface area (Å²) in [5.74, 6) is 0.362. The van der Waals surface area contributed by atoms with Gasteiger partial charge < -0.3 is 15.4 Å². The zero-order valence-corrected chi connectivity index (χ0v) is 20.4. The normalized spacial score (nSPS) is 15.2. The molecule has 37 heavy (non-hydrogen) atoms. The van der Waals surface area contributed by atoms with Crippen molar-refractivity contribution in [3.63, 3.8) is 0 Å². The minimum absolute atomic E-state index is 0.0801. The molecule has 0 radical (unpaired) electrons. The van der Waals surface area contributed by atoms with Crippen LogP contribution in [0.2, 0.25) is 0 Å². The minimum atomic E-state index is -5.35. The summed E-state index contributed by atoms with van der Waals surface area (Å²) in [6, 6.07) is 12.1. The summed E-state index contributed by atoms with van der Waals surface area (Å²) in [6.45, 7) is 1.07. The fourth-order valence-electron chi connectivity index (χ4n) is 3.55. The Balaban J connectivity index is 2.00. The highest BCUT2D eigenvalue weighted by Gasteiger charge is 2.43. The number of nitrogens with zero attached hydrogens (tertiary/aromatic N) is 2. The van der Waals surface area contributed by atoms with Crippen LogP contribution in [0.15, 0.2) is 48.5 Å². The molecule has 0 aliphatic carbocycles. The monoisotopic (exact) mass is 533 g/mol. The highest BCUT2D eigenvalue weighted by atomic mass is 32.1. The first-order valence-electron chi connectivity index (χ1n) is 11.0. The number of carbonyl (C=O) groups excluding carboxylic acids is 4. The van der Waals surface area contributed by atoms with E-state index in [-0.39, 0.29) is 17.8 Å². The van der Waals surface area contributed by atoms with Crippen LogP contribution in [0.3, 0.4) is 0 Å². The molecular formula is C25H22F3N3O5S. The molecule has 8 nitrogen and oxygen atoms in total. The Kier molecular flexibility index (Phi) is 8.62. The Morgan fingerprint density at radius 3 is 2.46 bits per heavy atom. The molecule has 2 unspecified atom stereocenters. The highest BCUT2D eigenvalue weighted by molar-refractivity contribution is 7.81. The van der Waals surface area contributed by atoms with Crippen LogP contribution in [0, 0.1) is 11.8 Å². The standard InChI is InChI=1S/C25H22F3N3O5S/c1-15(11-22(33)36-24(35)25(26,27)28)30-14-21(32)31(17-5-3-2-4-6-17)20-10-8-16(7-9-18(37)13-29)12-19(20)23(30)34/h2-6,8,10,12,15,18,37H,11,13-14,29H2,1H3. The van der Waals surface area contributed by atoms with E-state index >= 15 is 0 Å². The van der Waals surface area contributed by atoms with E-state index < -0.39 is 54.2 Å². The lowest BCUT2D eigenvalue weighted by molar-refractivity contribution is -0.202. The van der Waals surface area contributed by atoms with Crippen LogP contribution in [-0.2, 0) is 19.1 Å². The van der Waals surface area contributed by atoms with Gasteiger partial charge in [0.05, 0.1) is 22.9 Å². The zero-order valence-electron chi connectivity index (χ0n) is 19.5. The Morgan fingerprint density at radius 1 is 1.16 bits per heavy atom. The number of ether oxygens (including phenoxy) is 1. The van der Waals surface area contributed by atoms with Crippen LogP contribution >= 0.6 is 12.6 Å². The van der Waals surface area contributed by atoms with Crippen molar-refractivity contribution in [2.24, 2.45) is 5.73 Å². The maximum absolute atomic E-state index is 13.6. The number of nitrogens with two attached hydrogens (primary N) is 1. The van der Waals surface area contributed by atoms with Crippen molar-refractivity contribution in [3.8, 4) is 11.8 Å². The largest absolute Gasteiger partial charge is 0.491 e. The maximum Gasteiger partial charge on any atom is 0.491 e. The number of alkyl halides is 3. The van der Waals surface area contributed by atoms with Gasteiger partial charge in [-0.25, -0.2) is 4.79 Å². The second-order valence-electron chi connectivity index (χ2n) is 8.06. The Hall–Kier alpha value is -3.82. The summed E-state index contributed by atoms with van der Waals surface area (Å²) in [6.07, 6.45) is -6.10. The van der Waals surface area contributed by atoms with Crippen LogP contribution < -0.4 is 10.6 Å². The molecule has 0 aromatic heterocycles. The summed E-state index contributed by atoms with van der Waals surface area (Å²) in [5.41, 5.74) is 6.78. The van der Waals surface area contributed by atoms with E-state index in [0.29, 0.717) is 11.3 Å². The van der Waals surface area contributed by atoms with Gasteiger partial charge in [0.15, 0.2) is 0 Å². The van der Waals surface area contributed by atoms with Gasteiger partial charge in [-0.15, -0.1) is 0 Å². The third-order valence-corrected chi connectivity index (χ3v) is 5.68. The molecule has 194 valence electrons. The number of halogens is 3. The van der Waals surface area contributed by atoms with E-state index in [9.17, 15) is 32.3 Å². The van der Waals surface area contributed by atoms with Crippen molar-refractivity contribution in [1.82, 2.24) is 4.90 Å². The number of fused-ring (bicyclic) bond motifs is 1. The average molecular weight is 534 g/mol. The SMILES string of the molecule is CC(CC(=O)OC(=O)C(F)(F)F)N1CC(=O)N(c2ccccc2)c2ccc(C#CC(S)CN)cc2C1=O. The molecule has 12 heteroatoms. The lowest BCUT2D eigenvalue weighted by Crippen LogP contribution is -2.44. The first-order chi connectivity index (χ1) is 17.4. The predicted octanol–water partition coefficient (Wildman–Crippen LogP) is 2.83. The average Bonchev–Trinajstić information content (AvgIpc) is 2.96. The van der Waals surface area contributed by atoms with E-state index in [2.05, 4.69) is 29.2 Å². The van der Waals surface area contributed by atoms with Gasteiger partial charge in [0, 0.05) is 23.8 Å². The van der Waals surface area contributed by atoms with E-state index in [0.717, 1.165) is 4.90 Å². The van der Waals surface area contributed by atoms with Gasteiger partial charge in [-0.1, -0.05) is 30.0 Å². The number of para-hydroxylation sites is 1. The molecule has 2 N–H and O–H groups in total. The number of hydrogen-bond donors (Lipinski definition) is 2. The number of benzene rings is 2. The van der Waals surface area contributed by atoms with Crippen LogP contribution in [0.5, 0.6) is 0 Å². The first kappa shape index (κ1) is 27.8. The Morgan fingerprint density at radius 2 is 1.84 bits per heavy atom. The first-order valence-corrected chi connectivity index (χ1v) is 11.5. The number of hydrogen-bond acceptors (Lipinski definition) is 7. The third-order valence-electron chi connectivity index (χ3n) is 5.34. The van der Waals surface area contributed by atoms with Crippen molar-refractivity contribution < 1.29 is 37.1 Å². The van der Waals surface area contributed by atoms with Gasteiger partial charge in [-0.2, -0.15) is 25.8 Å². The molecule has 2 aromatic rings. The lowest BCUT2D eigenvalue weighted by atomic mass is 10.1. The second kappa shape index (κ2) is 11.5. The minimum Gasteiger partial charge on any atom is -0.386 e. The molecule has 2 atom stereocenters. The summed E-state index contributed by atoms with van der Waals surface area (Å²) in [4.78, 5) is 52.3. The Labute approximate surface area is 215 Å². The number of rotatable bonds is 5. The molecule has 2 aromatic carbocycles. The van der Waals surface area contributed by atoms with Gasteiger partial charge in [-0.05, 0) is 37.3 Å². The van der Waals surface area contributed by atoms with E-state index in [1.165, 1.54) is 17.9 Å². The maximum atomic E-state index is 13.6. The second-order valence-corrected chi connectivity index (χ2v) is 8.69. The highest BCUT2D eigenvalue weighted by Crippen LogP contribution is 2.33. The molecule has 1 heterocycles. The molecule has 0 saturated carbocycles. The van der Waals surface area contributed by atoms with Gasteiger partial charge in [-0.3, -0.25) is 19.3 Å². The zero-order chi connectivity index (χ0) is 27.3. The van der Waals surface area contributed by atoms with E-state index in [4.69, 9.17) is 5.73 Å². The van der Waals surface area contributed by atoms with Gasteiger partial charge in [0.1, 0.15) is 6.54 Å². The van der Waals surface area contributed by atoms with Crippen molar-refractivity contribution >= 4 is 47.8 Å². The summed E-state index contributed by atoms with van der Waals surface area (Å²) < 4.78 is 41.2. The predicted molar refractivity (Wildman–Crippen MR) is 131 cm³/mol. The number of esters is 2.